The predicted molar refractivity (Wildman–Crippen MR) is 108 cm³/mol. The second-order valence-corrected chi connectivity index (χ2v) is 9.49. The maximum Gasteiger partial charge on any atom is 0.407 e. The number of nitrogens with one attached hydrogen (secondary N) is 2. The minimum atomic E-state index is -0.547. The first-order valence-electron chi connectivity index (χ1n) is 9.04. The number of ether oxygens (including phenoxy) is 1. The Hall–Kier alpha value is -1.93. The van der Waals surface area contributed by atoms with Crippen molar-refractivity contribution in [2.75, 3.05) is 6.54 Å². The lowest BCUT2D eigenvalue weighted by Gasteiger charge is -2.31. The fraction of sp³-hybridized carbons (Fsp3) is 0.526. The van der Waals surface area contributed by atoms with Crippen LogP contribution in [0.25, 0.3) is 10.6 Å². The van der Waals surface area contributed by atoms with E-state index in [9.17, 15) is 9.59 Å². The number of rotatable bonds is 5. The second-order valence-electron chi connectivity index (χ2n) is 7.85. The molecule has 1 fully saturated rings. The molecule has 0 spiro atoms. The molecule has 0 aromatic carbocycles. The van der Waals surface area contributed by atoms with Crippen LogP contribution in [-0.4, -0.2) is 34.7 Å². The number of hydrogen-bond donors (Lipinski definition) is 2. The summed E-state index contributed by atoms with van der Waals surface area (Å²) in [5, 5.41) is 12.6. The van der Waals surface area contributed by atoms with Crippen LogP contribution in [0.2, 0.25) is 0 Å². The van der Waals surface area contributed by atoms with Gasteiger partial charge in [0, 0.05) is 22.9 Å². The molecular formula is C19H25N3O3S2. The van der Waals surface area contributed by atoms with Crippen LogP contribution in [0.4, 0.5) is 4.79 Å². The predicted octanol–water partition coefficient (Wildman–Crippen LogP) is 4.44. The molecule has 1 aliphatic rings. The molecule has 0 unspecified atom stereocenters. The monoisotopic (exact) mass is 407 g/mol. The van der Waals surface area contributed by atoms with Crippen molar-refractivity contribution in [3.63, 3.8) is 0 Å². The molecule has 8 heteroatoms. The number of carbonyl (C=O) groups excluding carboxylic acids is 2. The Balaban J connectivity index is 1.63. The summed E-state index contributed by atoms with van der Waals surface area (Å²) in [6, 6.07) is 1.99. The van der Waals surface area contributed by atoms with Crippen molar-refractivity contribution in [1.29, 1.82) is 0 Å². The first-order chi connectivity index (χ1) is 12.8. The zero-order valence-corrected chi connectivity index (χ0v) is 17.5. The Labute approximate surface area is 167 Å². The van der Waals surface area contributed by atoms with Gasteiger partial charge < -0.3 is 15.4 Å². The van der Waals surface area contributed by atoms with E-state index in [-0.39, 0.29) is 5.91 Å². The first kappa shape index (κ1) is 19.8. The number of hydrogen-bond acceptors (Lipinski definition) is 6. The maximum atomic E-state index is 12.8. The quantitative estimate of drug-likeness (QED) is 0.768. The van der Waals surface area contributed by atoms with Crippen LogP contribution in [0.3, 0.4) is 0 Å². The molecule has 2 heterocycles. The highest BCUT2D eigenvalue weighted by atomic mass is 32.1. The number of alkyl carbamates (subject to hydrolysis) is 1. The van der Waals surface area contributed by atoms with Crippen molar-refractivity contribution in [3.8, 4) is 10.6 Å². The Morgan fingerprint density at radius 1 is 1.26 bits per heavy atom. The number of thiazole rings is 1. The summed E-state index contributed by atoms with van der Waals surface area (Å²) in [4.78, 5) is 29.2. The summed E-state index contributed by atoms with van der Waals surface area (Å²) >= 11 is 3.07. The highest BCUT2D eigenvalue weighted by molar-refractivity contribution is 7.14. The number of carbonyl (C=O) groups is 2. The summed E-state index contributed by atoms with van der Waals surface area (Å²) in [5.74, 6) is -0.194. The van der Waals surface area contributed by atoms with E-state index in [2.05, 4.69) is 15.6 Å². The van der Waals surface area contributed by atoms with Gasteiger partial charge in [0.1, 0.15) is 16.3 Å². The molecule has 0 saturated heterocycles. The largest absolute Gasteiger partial charge is 0.444 e. The molecule has 2 N–H and O–H groups in total. The van der Waals surface area contributed by atoms with Gasteiger partial charge in [0.05, 0.1) is 5.54 Å². The number of nitrogens with zero attached hydrogens (tertiary/aromatic N) is 1. The van der Waals surface area contributed by atoms with Gasteiger partial charge in [-0.2, -0.15) is 11.3 Å². The maximum absolute atomic E-state index is 12.8. The smallest absolute Gasteiger partial charge is 0.407 e. The van der Waals surface area contributed by atoms with Crippen molar-refractivity contribution in [1.82, 2.24) is 15.6 Å². The third-order valence-electron chi connectivity index (χ3n) is 4.41. The molecule has 1 aliphatic carbocycles. The zero-order valence-electron chi connectivity index (χ0n) is 15.8. The van der Waals surface area contributed by atoms with Crippen LogP contribution in [0.15, 0.2) is 22.2 Å². The number of thiophene rings is 1. The summed E-state index contributed by atoms with van der Waals surface area (Å²) < 4.78 is 5.30. The van der Waals surface area contributed by atoms with Crippen LogP contribution in [0, 0.1) is 0 Å². The van der Waals surface area contributed by atoms with E-state index in [0.29, 0.717) is 12.2 Å². The van der Waals surface area contributed by atoms with E-state index in [0.717, 1.165) is 36.3 Å². The van der Waals surface area contributed by atoms with Gasteiger partial charge in [0.2, 0.25) is 0 Å². The van der Waals surface area contributed by atoms with Gasteiger partial charge in [-0.3, -0.25) is 4.79 Å². The Morgan fingerprint density at radius 3 is 2.63 bits per heavy atom. The molecule has 27 heavy (non-hydrogen) atoms. The van der Waals surface area contributed by atoms with Crippen molar-refractivity contribution in [2.45, 2.75) is 57.6 Å². The van der Waals surface area contributed by atoms with Crippen molar-refractivity contribution >= 4 is 34.7 Å². The molecule has 146 valence electrons. The molecule has 2 amide bonds. The van der Waals surface area contributed by atoms with Crippen molar-refractivity contribution in [3.05, 3.63) is 27.9 Å². The van der Waals surface area contributed by atoms with E-state index < -0.39 is 17.2 Å². The van der Waals surface area contributed by atoms with Crippen molar-refractivity contribution in [2.24, 2.45) is 0 Å². The average Bonchev–Trinajstić information content (AvgIpc) is 3.32. The average molecular weight is 408 g/mol. The Morgan fingerprint density at radius 2 is 2.00 bits per heavy atom. The van der Waals surface area contributed by atoms with Gasteiger partial charge in [0.15, 0.2) is 0 Å². The minimum Gasteiger partial charge on any atom is -0.444 e. The second kappa shape index (κ2) is 7.98. The Bertz CT molecular complexity index is 787. The molecule has 0 atom stereocenters. The standard InChI is InChI=1S/C19H25N3O3S2/c1-18(2,3)25-17(24)20-12-19(7-4-5-8-19)22-15(23)14-11-27-16(21-14)13-6-9-26-10-13/h6,9-11H,4-5,7-8,12H2,1-3H3,(H,20,24)(H,22,23). The molecular weight excluding hydrogens is 382 g/mol. The van der Waals surface area contributed by atoms with E-state index in [4.69, 9.17) is 4.74 Å². The van der Waals surface area contributed by atoms with Crippen LogP contribution < -0.4 is 10.6 Å². The molecule has 1 saturated carbocycles. The molecule has 2 aromatic heterocycles. The Kier molecular flexibility index (Phi) is 5.86. The summed E-state index contributed by atoms with van der Waals surface area (Å²) in [5.41, 5.74) is 0.463. The highest BCUT2D eigenvalue weighted by Gasteiger charge is 2.36. The molecule has 3 rings (SSSR count). The lowest BCUT2D eigenvalue weighted by atomic mass is 9.97. The van der Waals surface area contributed by atoms with E-state index in [1.54, 1.807) is 16.7 Å². The van der Waals surface area contributed by atoms with Crippen LogP contribution in [0.5, 0.6) is 0 Å². The minimum absolute atomic E-state index is 0.194. The zero-order chi connectivity index (χ0) is 19.5. The molecule has 2 aromatic rings. The SMILES string of the molecule is CC(C)(C)OC(=O)NCC1(NC(=O)c2csc(-c3ccsc3)n2)CCCC1. The lowest BCUT2D eigenvalue weighted by Crippen LogP contribution is -2.54. The van der Waals surface area contributed by atoms with Gasteiger partial charge >= 0.3 is 6.09 Å². The fourth-order valence-corrected chi connectivity index (χ4v) is 4.67. The molecule has 0 bridgehead atoms. The van der Waals surface area contributed by atoms with Gasteiger partial charge in [-0.05, 0) is 45.1 Å². The highest BCUT2D eigenvalue weighted by Crippen LogP contribution is 2.30. The van der Waals surface area contributed by atoms with E-state index >= 15 is 0 Å². The van der Waals surface area contributed by atoms with Gasteiger partial charge in [-0.1, -0.05) is 12.8 Å². The normalized spacial score (nSPS) is 16.1. The third-order valence-corrected chi connectivity index (χ3v) is 5.99. The van der Waals surface area contributed by atoms with Gasteiger partial charge in [-0.25, -0.2) is 9.78 Å². The van der Waals surface area contributed by atoms with Crippen LogP contribution >= 0.6 is 22.7 Å². The molecule has 0 radical (unpaired) electrons. The molecule has 6 nitrogen and oxygen atoms in total. The topological polar surface area (TPSA) is 80.3 Å². The summed E-state index contributed by atoms with van der Waals surface area (Å²) in [6.07, 6.45) is 3.24. The van der Waals surface area contributed by atoms with E-state index in [1.807, 2.05) is 37.6 Å². The van der Waals surface area contributed by atoms with Crippen LogP contribution in [0.1, 0.15) is 56.9 Å². The number of aromatic nitrogens is 1. The number of amides is 2. The molecule has 0 aliphatic heterocycles. The third kappa shape index (κ3) is 5.29. The van der Waals surface area contributed by atoms with Crippen molar-refractivity contribution < 1.29 is 14.3 Å². The van der Waals surface area contributed by atoms with Crippen LogP contribution in [-0.2, 0) is 4.74 Å². The lowest BCUT2D eigenvalue weighted by molar-refractivity contribution is 0.0504. The van der Waals surface area contributed by atoms with Gasteiger partial charge in [-0.15, -0.1) is 11.3 Å². The first-order valence-corrected chi connectivity index (χ1v) is 10.9. The summed E-state index contributed by atoms with van der Waals surface area (Å²) in [6.45, 7) is 5.84. The van der Waals surface area contributed by atoms with E-state index in [1.165, 1.54) is 11.3 Å². The fourth-order valence-electron chi connectivity index (χ4n) is 3.15. The van der Waals surface area contributed by atoms with Gasteiger partial charge in [0.25, 0.3) is 5.91 Å². The summed E-state index contributed by atoms with van der Waals surface area (Å²) in [7, 11) is 0.